The average Bonchev–Trinajstić information content (AvgIpc) is 2.34. The zero-order valence-corrected chi connectivity index (χ0v) is 14.0. The molecule has 0 aromatic rings. The molecule has 0 fully saturated rings. The van der Waals surface area contributed by atoms with E-state index in [1.807, 2.05) is 20.8 Å². The molecule has 0 radical (unpaired) electrons. The smallest absolute Gasteiger partial charge is 0.246 e. The lowest BCUT2D eigenvalue weighted by Crippen LogP contribution is -2.40. The Hall–Kier alpha value is -0.650. The Bertz CT molecular complexity index is 273. The van der Waals surface area contributed by atoms with Crippen molar-refractivity contribution >= 4 is 5.91 Å². The lowest BCUT2D eigenvalue weighted by molar-refractivity contribution is -0.130. The van der Waals surface area contributed by atoms with E-state index in [4.69, 9.17) is 9.47 Å². The maximum absolute atomic E-state index is 11.4. The Morgan fingerprint density at radius 1 is 1.05 bits per heavy atom. The highest BCUT2D eigenvalue weighted by Crippen LogP contribution is 2.06. The molecule has 0 aliphatic heterocycles. The first-order valence-electron chi connectivity index (χ1n) is 7.40. The van der Waals surface area contributed by atoms with Crippen LogP contribution in [-0.2, 0) is 14.3 Å². The van der Waals surface area contributed by atoms with Crippen molar-refractivity contribution in [2.24, 2.45) is 0 Å². The fourth-order valence-corrected chi connectivity index (χ4v) is 1.28. The Morgan fingerprint density at radius 2 is 1.65 bits per heavy atom. The molecule has 0 aliphatic carbocycles. The van der Waals surface area contributed by atoms with E-state index in [0.29, 0.717) is 19.8 Å². The zero-order valence-electron chi connectivity index (χ0n) is 14.0. The van der Waals surface area contributed by atoms with Gasteiger partial charge in [-0.15, -0.1) is 0 Å². The van der Waals surface area contributed by atoms with E-state index in [2.05, 4.69) is 31.4 Å². The number of carbonyl (C=O) groups is 1. The van der Waals surface area contributed by atoms with Gasteiger partial charge in [-0.3, -0.25) is 4.79 Å². The van der Waals surface area contributed by atoms with Crippen LogP contribution < -0.4 is 10.6 Å². The van der Waals surface area contributed by atoms with Gasteiger partial charge in [-0.2, -0.15) is 0 Å². The molecule has 0 rings (SSSR count). The van der Waals surface area contributed by atoms with Crippen LogP contribution in [0.4, 0.5) is 0 Å². The average molecular weight is 288 g/mol. The molecule has 0 aromatic heterocycles. The molecule has 1 amide bonds. The predicted molar refractivity (Wildman–Crippen MR) is 81.9 cm³/mol. The lowest BCUT2D eigenvalue weighted by atomic mass is 10.0. The molecule has 0 atom stereocenters. The SMILES string of the molecule is CCC(C)(C)NCCOCCNC(=O)COC(C)(C)C. The van der Waals surface area contributed by atoms with Crippen LogP contribution in [0.25, 0.3) is 0 Å². The summed E-state index contributed by atoms with van der Waals surface area (Å²) in [5, 5.41) is 6.18. The molecule has 20 heavy (non-hydrogen) atoms. The summed E-state index contributed by atoms with van der Waals surface area (Å²) in [7, 11) is 0. The van der Waals surface area contributed by atoms with Gasteiger partial charge in [0.15, 0.2) is 0 Å². The molecule has 0 heterocycles. The Labute approximate surface area is 123 Å². The van der Waals surface area contributed by atoms with E-state index in [1.54, 1.807) is 0 Å². The third-order valence-corrected chi connectivity index (χ3v) is 2.94. The zero-order chi connectivity index (χ0) is 15.6. The van der Waals surface area contributed by atoms with E-state index in [1.165, 1.54) is 0 Å². The summed E-state index contributed by atoms with van der Waals surface area (Å²) < 4.78 is 10.8. The van der Waals surface area contributed by atoms with Crippen molar-refractivity contribution in [1.29, 1.82) is 0 Å². The molecular weight excluding hydrogens is 256 g/mol. The minimum Gasteiger partial charge on any atom is -0.378 e. The van der Waals surface area contributed by atoms with Crippen molar-refractivity contribution in [2.45, 2.75) is 59.1 Å². The van der Waals surface area contributed by atoms with Gasteiger partial charge in [0.25, 0.3) is 0 Å². The number of amides is 1. The van der Waals surface area contributed by atoms with Gasteiger partial charge in [0, 0.05) is 18.6 Å². The molecule has 0 unspecified atom stereocenters. The van der Waals surface area contributed by atoms with Crippen LogP contribution in [0.5, 0.6) is 0 Å². The largest absolute Gasteiger partial charge is 0.378 e. The predicted octanol–water partition coefficient (Wildman–Crippen LogP) is 1.71. The first-order chi connectivity index (χ1) is 9.16. The molecule has 0 saturated carbocycles. The molecule has 120 valence electrons. The minimum absolute atomic E-state index is 0.0930. The van der Waals surface area contributed by atoms with Gasteiger partial charge in [-0.1, -0.05) is 6.92 Å². The summed E-state index contributed by atoms with van der Waals surface area (Å²) >= 11 is 0. The first-order valence-corrected chi connectivity index (χ1v) is 7.40. The minimum atomic E-state index is -0.286. The number of nitrogens with one attached hydrogen (secondary N) is 2. The molecular formula is C15H32N2O3. The highest BCUT2D eigenvalue weighted by atomic mass is 16.5. The fraction of sp³-hybridized carbons (Fsp3) is 0.933. The van der Waals surface area contributed by atoms with E-state index in [-0.39, 0.29) is 23.7 Å². The molecule has 5 nitrogen and oxygen atoms in total. The highest BCUT2D eigenvalue weighted by Gasteiger charge is 2.13. The summed E-state index contributed by atoms with van der Waals surface area (Å²) in [6, 6.07) is 0. The third-order valence-electron chi connectivity index (χ3n) is 2.94. The van der Waals surface area contributed by atoms with E-state index >= 15 is 0 Å². The Morgan fingerprint density at radius 3 is 2.20 bits per heavy atom. The summed E-state index contributed by atoms with van der Waals surface area (Å²) in [5.41, 5.74) is -0.131. The molecule has 5 heteroatoms. The second-order valence-corrected chi connectivity index (χ2v) is 6.53. The van der Waals surface area contributed by atoms with Gasteiger partial charge in [-0.25, -0.2) is 0 Å². The van der Waals surface area contributed by atoms with Crippen LogP contribution in [0.1, 0.15) is 48.0 Å². The van der Waals surface area contributed by atoms with Gasteiger partial charge in [-0.05, 0) is 41.0 Å². The number of carbonyl (C=O) groups excluding carboxylic acids is 1. The maximum Gasteiger partial charge on any atom is 0.246 e. The first kappa shape index (κ1) is 19.4. The lowest BCUT2D eigenvalue weighted by Gasteiger charge is -2.24. The molecule has 0 aromatic carbocycles. The van der Waals surface area contributed by atoms with Gasteiger partial charge >= 0.3 is 0 Å². The highest BCUT2D eigenvalue weighted by molar-refractivity contribution is 5.77. The molecule has 0 spiro atoms. The molecule has 2 N–H and O–H groups in total. The normalized spacial score (nSPS) is 12.5. The van der Waals surface area contributed by atoms with Crippen molar-refractivity contribution < 1.29 is 14.3 Å². The Balaban J connectivity index is 3.42. The van der Waals surface area contributed by atoms with Crippen molar-refractivity contribution in [2.75, 3.05) is 32.9 Å². The van der Waals surface area contributed by atoms with Crippen LogP contribution in [0.3, 0.4) is 0 Å². The van der Waals surface area contributed by atoms with Crippen LogP contribution in [0, 0.1) is 0 Å². The summed E-state index contributed by atoms with van der Waals surface area (Å²) in [4.78, 5) is 11.4. The topological polar surface area (TPSA) is 59.6 Å². The van der Waals surface area contributed by atoms with Crippen molar-refractivity contribution in [3.05, 3.63) is 0 Å². The van der Waals surface area contributed by atoms with Crippen LogP contribution in [0.15, 0.2) is 0 Å². The monoisotopic (exact) mass is 288 g/mol. The third kappa shape index (κ3) is 12.4. The van der Waals surface area contributed by atoms with Crippen molar-refractivity contribution in [3.8, 4) is 0 Å². The van der Waals surface area contributed by atoms with Gasteiger partial charge in [0.1, 0.15) is 6.61 Å². The quantitative estimate of drug-likeness (QED) is 0.601. The maximum atomic E-state index is 11.4. The number of hydrogen-bond acceptors (Lipinski definition) is 4. The summed E-state index contributed by atoms with van der Waals surface area (Å²) in [6.45, 7) is 14.9. The van der Waals surface area contributed by atoms with Crippen LogP contribution >= 0.6 is 0 Å². The number of rotatable bonds is 10. The number of ether oxygens (including phenoxy) is 2. The van der Waals surface area contributed by atoms with Crippen LogP contribution in [0.2, 0.25) is 0 Å². The Kier molecular flexibility index (Phi) is 9.01. The fourth-order valence-electron chi connectivity index (χ4n) is 1.28. The van der Waals surface area contributed by atoms with Gasteiger partial charge < -0.3 is 20.1 Å². The van der Waals surface area contributed by atoms with Gasteiger partial charge in [0.2, 0.25) is 5.91 Å². The van der Waals surface area contributed by atoms with E-state index in [0.717, 1.165) is 13.0 Å². The van der Waals surface area contributed by atoms with E-state index < -0.39 is 0 Å². The second kappa shape index (κ2) is 9.32. The second-order valence-electron chi connectivity index (χ2n) is 6.53. The van der Waals surface area contributed by atoms with E-state index in [9.17, 15) is 4.79 Å². The van der Waals surface area contributed by atoms with Crippen molar-refractivity contribution in [1.82, 2.24) is 10.6 Å². The van der Waals surface area contributed by atoms with Crippen LogP contribution in [-0.4, -0.2) is 50.0 Å². The standard InChI is InChI=1S/C15H32N2O3/c1-7-15(5,6)17-9-11-19-10-8-16-13(18)12-20-14(2,3)4/h17H,7-12H2,1-6H3,(H,16,18). The van der Waals surface area contributed by atoms with Crippen molar-refractivity contribution in [3.63, 3.8) is 0 Å². The summed E-state index contributed by atoms with van der Waals surface area (Å²) in [6.07, 6.45) is 1.08. The number of hydrogen-bond donors (Lipinski definition) is 2. The molecule has 0 saturated heterocycles. The summed E-state index contributed by atoms with van der Waals surface area (Å²) in [5.74, 6) is -0.103. The molecule has 0 bridgehead atoms. The molecule has 0 aliphatic rings. The van der Waals surface area contributed by atoms with Gasteiger partial charge in [0.05, 0.1) is 18.8 Å².